The summed E-state index contributed by atoms with van der Waals surface area (Å²) in [5, 5.41) is 16.6. The summed E-state index contributed by atoms with van der Waals surface area (Å²) in [6.07, 6.45) is 0.0814. The van der Waals surface area contributed by atoms with Crippen molar-refractivity contribution in [1.29, 1.82) is 0 Å². The van der Waals surface area contributed by atoms with Crippen LogP contribution < -0.4 is 5.32 Å². The maximum absolute atomic E-state index is 13.1. The lowest BCUT2D eigenvalue weighted by Gasteiger charge is -2.17. The van der Waals surface area contributed by atoms with E-state index >= 15 is 0 Å². The van der Waals surface area contributed by atoms with Gasteiger partial charge in [0.1, 0.15) is 17.6 Å². The number of allylic oxidation sites excluding steroid dienone is 1. The third kappa shape index (κ3) is 4.41. The molecule has 3 atom stereocenters. The molecule has 2 aliphatic heterocycles. The number of amides is 1. The van der Waals surface area contributed by atoms with Crippen molar-refractivity contribution in [3.63, 3.8) is 0 Å². The number of nitrogens with one attached hydrogen (secondary N) is 1. The highest BCUT2D eigenvalue weighted by Gasteiger charge is 2.39. The highest BCUT2D eigenvalue weighted by atomic mass is 35.5. The van der Waals surface area contributed by atoms with Gasteiger partial charge in [0.05, 0.1) is 17.2 Å². The Morgan fingerprint density at radius 3 is 2.51 bits per heavy atom. The molecule has 10 heteroatoms. The van der Waals surface area contributed by atoms with E-state index in [1.807, 2.05) is 31.2 Å². The summed E-state index contributed by atoms with van der Waals surface area (Å²) in [6, 6.07) is 13.5. The topological polar surface area (TPSA) is 102 Å². The SMILES string of the molecule is Cc1nnc2n1C1=C(C(c3ccc(Cl)cc3)=N[C@H]2CC(=O)Nc2ccc(N=O)cc2)C(C)C(C)S1. The quantitative estimate of drug-likeness (QED) is 0.418. The molecule has 1 N–H and O–H groups in total. The van der Waals surface area contributed by atoms with Crippen LogP contribution in [0.4, 0.5) is 11.4 Å². The van der Waals surface area contributed by atoms with Crippen LogP contribution in [0.1, 0.15) is 43.5 Å². The Hall–Kier alpha value is -3.30. The van der Waals surface area contributed by atoms with Crippen LogP contribution in [-0.4, -0.2) is 31.6 Å². The lowest BCUT2D eigenvalue weighted by Crippen LogP contribution is -2.19. The van der Waals surface area contributed by atoms with E-state index in [4.69, 9.17) is 16.6 Å². The summed E-state index contributed by atoms with van der Waals surface area (Å²) in [5.74, 6) is 1.43. The minimum Gasteiger partial charge on any atom is -0.326 e. The number of aryl methyl sites for hydroxylation is 1. The zero-order chi connectivity index (χ0) is 24.7. The predicted molar refractivity (Wildman–Crippen MR) is 140 cm³/mol. The fourth-order valence-corrected chi connectivity index (χ4v) is 5.92. The minimum absolute atomic E-state index is 0.0814. The van der Waals surface area contributed by atoms with Crippen molar-refractivity contribution in [3.05, 3.63) is 81.2 Å². The van der Waals surface area contributed by atoms with Crippen LogP contribution in [0.25, 0.3) is 5.03 Å². The Balaban J connectivity index is 1.55. The number of anilines is 1. The maximum atomic E-state index is 13.1. The van der Waals surface area contributed by atoms with Gasteiger partial charge < -0.3 is 5.32 Å². The zero-order valence-corrected chi connectivity index (χ0v) is 21.0. The molecule has 2 aliphatic rings. The van der Waals surface area contributed by atoms with E-state index in [-0.39, 0.29) is 18.2 Å². The van der Waals surface area contributed by atoms with Gasteiger partial charge in [0.15, 0.2) is 5.82 Å². The number of fused-ring (bicyclic) bond motifs is 2. The zero-order valence-electron chi connectivity index (χ0n) is 19.4. The van der Waals surface area contributed by atoms with Crippen LogP contribution in [0.3, 0.4) is 0 Å². The Morgan fingerprint density at radius 1 is 1.11 bits per heavy atom. The normalized spacial score (nSPS) is 21.1. The number of hydrogen-bond donors (Lipinski definition) is 1. The first-order valence-corrected chi connectivity index (χ1v) is 12.5. The van der Waals surface area contributed by atoms with Gasteiger partial charge in [-0.1, -0.05) is 37.6 Å². The number of thioether (sulfide) groups is 1. The number of rotatable bonds is 5. The van der Waals surface area contributed by atoms with E-state index in [0.717, 1.165) is 27.7 Å². The number of halogens is 1. The van der Waals surface area contributed by atoms with Crippen molar-refractivity contribution < 1.29 is 4.79 Å². The highest BCUT2D eigenvalue weighted by molar-refractivity contribution is 8.08. The molecule has 5 rings (SSSR count). The number of aromatic nitrogens is 3. The summed E-state index contributed by atoms with van der Waals surface area (Å²) >= 11 is 7.94. The molecule has 0 spiro atoms. The molecule has 3 aromatic rings. The molecule has 35 heavy (non-hydrogen) atoms. The predicted octanol–water partition coefficient (Wildman–Crippen LogP) is 6.15. The van der Waals surface area contributed by atoms with Crippen molar-refractivity contribution in [2.45, 2.75) is 38.5 Å². The molecule has 1 aromatic heterocycles. The van der Waals surface area contributed by atoms with Crippen molar-refractivity contribution in [2.75, 3.05) is 5.32 Å². The number of benzene rings is 2. The summed E-state index contributed by atoms with van der Waals surface area (Å²) in [4.78, 5) is 28.9. The molecule has 0 bridgehead atoms. The lowest BCUT2D eigenvalue weighted by molar-refractivity contribution is -0.116. The van der Waals surface area contributed by atoms with Crippen LogP contribution in [-0.2, 0) is 4.79 Å². The summed E-state index contributed by atoms with van der Waals surface area (Å²) < 4.78 is 2.05. The maximum Gasteiger partial charge on any atom is 0.227 e. The smallest absolute Gasteiger partial charge is 0.227 e. The number of aliphatic imine (C=N–C) groups is 1. The minimum atomic E-state index is -0.536. The highest BCUT2D eigenvalue weighted by Crippen LogP contribution is 2.49. The van der Waals surface area contributed by atoms with E-state index in [1.165, 1.54) is 0 Å². The first kappa shape index (κ1) is 23.4. The van der Waals surface area contributed by atoms with E-state index < -0.39 is 6.04 Å². The van der Waals surface area contributed by atoms with Gasteiger partial charge in [-0.2, -0.15) is 0 Å². The van der Waals surface area contributed by atoms with Crippen LogP contribution in [0.5, 0.6) is 0 Å². The Morgan fingerprint density at radius 2 is 1.83 bits per heavy atom. The average molecular weight is 507 g/mol. The molecule has 178 valence electrons. The molecule has 0 radical (unpaired) electrons. The first-order chi connectivity index (χ1) is 16.9. The van der Waals surface area contributed by atoms with E-state index in [9.17, 15) is 9.70 Å². The lowest BCUT2D eigenvalue weighted by atomic mass is 9.91. The largest absolute Gasteiger partial charge is 0.326 e. The molecule has 3 heterocycles. The van der Waals surface area contributed by atoms with Gasteiger partial charge in [0.2, 0.25) is 5.91 Å². The molecule has 2 unspecified atom stereocenters. The molecule has 8 nitrogen and oxygen atoms in total. The number of carbonyl (C=O) groups is 1. The second-order valence-corrected chi connectivity index (χ2v) is 10.5. The van der Waals surface area contributed by atoms with Gasteiger partial charge in [-0.25, -0.2) is 0 Å². The third-order valence-corrected chi connectivity index (χ3v) is 7.99. The molecule has 0 aliphatic carbocycles. The van der Waals surface area contributed by atoms with E-state index in [0.29, 0.717) is 27.5 Å². The third-order valence-electron chi connectivity index (χ3n) is 6.33. The van der Waals surface area contributed by atoms with Crippen molar-refractivity contribution in [1.82, 2.24) is 14.8 Å². The molecular formula is C25H23ClN6O2S. The van der Waals surface area contributed by atoms with Crippen LogP contribution >= 0.6 is 23.4 Å². The molecular weight excluding hydrogens is 484 g/mol. The molecule has 1 amide bonds. The van der Waals surface area contributed by atoms with Gasteiger partial charge in [0, 0.05) is 27.1 Å². The Labute approximate surface area is 211 Å². The average Bonchev–Trinajstić information content (AvgIpc) is 3.32. The molecule has 0 saturated heterocycles. The van der Waals surface area contributed by atoms with Crippen molar-refractivity contribution in [3.8, 4) is 0 Å². The van der Waals surface area contributed by atoms with Gasteiger partial charge in [0.25, 0.3) is 0 Å². The Kier molecular flexibility index (Phi) is 6.29. The van der Waals surface area contributed by atoms with Gasteiger partial charge in [-0.3, -0.25) is 14.4 Å². The summed E-state index contributed by atoms with van der Waals surface area (Å²) in [5.41, 5.74) is 3.81. The van der Waals surface area contributed by atoms with Crippen molar-refractivity contribution in [2.24, 2.45) is 16.1 Å². The number of hydrogen-bond acceptors (Lipinski definition) is 7. The fraction of sp³-hybridized carbons (Fsp3) is 0.280. The van der Waals surface area contributed by atoms with Crippen LogP contribution in [0.15, 0.2) is 64.3 Å². The second kappa shape index (κ2) is 9.39. The molecule has 0 fully saturated rings. The van der Waals surface area contributed by atoms with Crippen LogP contribution in [0, 0.1) is 17.7 Å². The van der Waals surface area contributed by atoms with Crippen LogP contribution in [0.2, 0.25) is 5.02 Å². The summed E-state index contributed by atoms with van der Waals surface area (Å²) in [7, 11) is 0. The molecule has 0 saturated carbocycles. The van der Waals surface area contributed by atoms with Crippen molar-refractivity contribution >= 4 is 51.4 Å². The molecule has 2 aromatic carbocycles. The number of nitroso groups, excluding NO2 is 1. The Bertz CT molecular complexity index is 1360. The van der Waals surface area contributed by atoms with Gasteiger partial charge in [-0.05, 0) is 54.4 Å². The van der Waals surface area contributed by atoms with E-state index in [1.54, 1.807) is 36.0 Å². The first-order valence-electron chi connectivity index (χ1n) is 11.3. The monoisotopic (exact) mass is 506 g/mol. The second-order valence-electron chi connectivity index (χ2n) is 8.66. The van der Waals surface area contributed by atoms with Gasteiger partial charge in [-0.15, -0.1) is 26.9 Å². The standard InChI is InChI=1S/C25H23ClN6O2S/c1-13-14(2)35-25-22(13)23(16-4-6-17(26)7-5-16)28-20(24-30-29-15(3)32(24)25)12-21(33)27-18-8-10-19(31-34)11-9-18/h4-11,13-14,20H,12H2,1-3H3,(H,27,33)/t13?,14?,20-/m0/s1. The number of nitrogens with zero attached hydrogens (tertiary/aromatic N) is 5. The van der Waals surface area contributed by atoms with Gasteiger partial charge >= 0.3 is 0 Å². The van der Waals surface area contributed by atoms with E-state index in [2.05, 4.69) is 39.1 Å². The summed E-state index contributed by atoms with van der Waals surface area (Å²) in [6.45, 7) is 6.33. The fourth-order valence-electron chi connectivity index (χ4n) is 4.36. The number of carbonyl (C=O) groups excluding carboxylic acids is 1.